The molecule has 3 rings (SSSR count). The van der Waals surface area contributed by atoms with Gasteiger partial charge in [-0.1, -0.05) is 55.1 Å². The van der Waals surface area contributed by atoms with Gasteiger partial charge in [-0.3, -0.25) is 0 Å². The van der Waals surface area contributed by atoms with Crippen LogP contribution < -0.4 is 16.0 Å². The monoisotopic (exact) mass is 430 g/mol. The van der Waals surface area contributed by atoms with Crippen molar-refractivity contribution in [2.24, 2.45) is 0 Å². The highest BCUT2D eigenvalue weighted by atomic mass is 32.2. The molecule has 1 atom stereocenters. The number of benzene rings is 1. The van der Waals surface area contributed by atoms with E-state index < -0.39 is 0 Å². The molecule has 0 saturated heterocycles. The van der Waals surface area contributed by atoms with Crippen LogP contribution in [-0.2, 0) is 12.8 Å². The minimum atomic E-state index is -0.0334. The number of nitrogens with one attached hydrogen (secondary N) is 1. The Morgan fingerprint density at radius 3 is 2.41 bits per heavy atom. The van der Waals surface area contributed by atoms with Crippen LogP contribution >= 0.6 is 23.1 Å². The molecule has 0 spiro atoms. The molecule has 1 aromatic carbocycles. The molecule has 8 nitrogen and oxygen atoms in total. The molecule has 0 bridgehead atoms. The highest BCUT2D eigenvalue weighted by Gasteiger charge is 2.17. The van der Waals surface area contributed by atoms with Gasteiger partial charge in [0.15, 0.2) is 4.34 Å². The Labute approximate surface area is 179 Å². The molecule has 0 radical (unpaired) electrons. The Bertz CT molecular complexity index is 950. The van der Waals surface area contributed by atoms with E-state index in [1.165, 1.54) is 22.5 Å². The number of para-hydroxylation sites is 1. The normalized spacial score (nSPS) is 12.0. The maximum atomic E-state index is 5.84. The van der Waals surface area contributed by atoms with Crippen LogP contribution in [0.15, 0.2) is 22.5 Å². The maximum absolute atomic E-state index is 5.84. The van der Waals surface area contributed by atoms with Crippen LogP contribution in [0.1, 0.15) is 43.0 Å². The second-order valence-corrected chi connectivity index (χ2v) is 9.23. The topological polar surface area (TPSA) is 106 Å². The average Bonchev–Trinajstić information content (AvgIpc) is 3.14. The third-order valence-electron chi connectivity index (χ3n) is 4.34. The summed E-state index contributed by atoms with van der Waals surface area (Å²) in [5.41, 5.74) is 9.53. The quantitative estimate of drug-likeness (QED) is 0.511. The fraction of sp³-hybridized carbons (Fsp3) is 0.421. The highest BCUT2D eigenvalue weighted by molar-refractivity contribution is 8.01. The first kappa shape index (κ1) is 21.3. The number of thioether (sulfide) groups is 1. The number of hydrogen-bond acceptors (Lipinski definition) is 10. The molecule has 0 amide bonds. The molecular formula is C19H26N8S2. The van der Waals surface area contributed by atoms with Gasteiger partial charge in [0.25, 0.3) is 0 Å². The van der Waals surface area contributed by atoms with E-state index in [1.54, 1.807) is 11.8 Å². The Morgan fingerprint density at radius 1 is 1.10 bits per heavy atom. The zero-order valence-corrected chi connectivity index (χ0v) is 18.9. The van der Waals surface area contributed by atoms with E-state index in [1.807, 2.05) is 25.9 Å². The van der Waals surface area contributed by atoms with Crippen LogP contribution in [0.2, 0.25) is 0 Å². The summed E-state index contributed by atoms with van der Waals surface area (Å²) in [5.74, 6) is 1.39. The molecule has 1 unspecified atom stereocenters. The van der Waals surface area contributed by atoms with Gasteiger partial charge in [0.1, 0.15) is 5.82 Å². The summed E-state index contributed by atoms with van der Waals surface area (Å²) < 4.78 is 0.845. The van der Waals surface area contributed by atoms with Gasteiger partial charge >= 0.3 is 0 Å². The van der Waals surface area contributed by atoms with Crippen LogP contribution in [0.5, 0.6) is 0 Å². The lowest BCUT2D eigenvalue weighted by molar-refractivity contribution is 0.863. The zero-order valence-electron chi connectivity index (χ0n) is 17.3. The fourth-order valence-electron chi connectivity index (χ4n) is 2.80. The van der Waals surface area contributed by atoms with E-state index in [4.69, 9.17) is 5.73 Å². The van der Waals surface area contributed by atoms with Gasteiger partial charge in [-0.2, -0.15) is 15.0 Å². The molecule has 2 aromatic heterocycles. The summed E-state index contributed by atoms with van der Waals surface area (Å²) in [6.07, 6.45) is 1.92. The second-order valence-electron chi connectivity index (χ2n) is 6.66. The summed E-state index contributed by atoms with van der Waals surface area (Å²) in [5, 5.41) is 12.9. The summed E-state index contributed by atoms with van der Waals surface area (Å²) in [6, 6.07) is 6.40. The van der Waals surface area contributed by atoms with Gasteiger partial charge in [-0.05, 0) is 30.9 Å². The van der Waals surface area contributed by atoms with E-state index in [9.17, 15) is 0 Å². The molecule has 0 saturated carbocycles. The van der Waals surface area contributed by atoms with Crippen molar-refractivity contribution in [3.63, 3.8) is 0 Å². The Hall–Kier alpha value is -2.46. The van der Waals surface area contributed by atoms with Crippen molar-refractivity contribution >= 4 is 45.8 Å². The van der Waals surface area contributed by atoms with Gasteiger partial charge in [0, 0.05) is 19.8 Å². The standard InChI is InChI=1S/C19H26N8S2/c1-6-12-9-8-10-13(7-2)14(12)21-18-25-26-19(29-18)28-11(3)15-22-16(20)24-17(23-15)27(4)5/h8-11H,6-7H2,1-5H3,(H,21,25)(H2,20,22,23,24). The second kappa shape index (κ2) is 9.36. The van der Waals surface area contributed by atoms with Gasteiger partial charge in [0.05, 0.1) is 5.25 Å². The smallest absolute Gasteiger partial charge is 0.229 e. The van der Waals surface area contributed by atoms with E-state index in [2.05, 4.69) is 62.5 Å². The van der Waals surface area contributed by atoms with E-state index in [-0.39, 0.29) is 11.2 Å². The van der Waals surface area contributed by atoms with Crippen molar-refractivity contribution in [3.05, 3.63) is 35.2 Å². The van der Waals surface area contributed by atoms with E-state index in [0.717, 1.165) is 28.0 Å². The molecule has 154 valence electrons. The molecule has 10 heteroatoms. The lowest BCUT2D eigenvalue weighted by Gasteiger charge is -2.14. The lowest BCUT2D eigenvalue weighted by Crippen LogP contribution is -2.16. The zero-order chi connectivity index (χ0) is 21.0. The summed E-state index contributed by atoms with van der Waals surface area (Å²) in [7, 11) is 3.75. The first-order valence-electron chi connectivity index (χ1n) is 9.48. The first-order valence-corrected chi connectivity index (χ1v) is 11.2. The summed E-state index contributed by atoms with van der Waals surface area (Å²) in [6.45, 7) is 6.34. The molecule has 2 heterocycles. The van der Waals surface area contributed by atoms with Gasteiger partial charge in [-0.25, -0.2) is 0 Å². The van der Waals surface area contributed by atoms with Crippen molar-refractivity contribution in [2.75, 3.05) is 30.0 Å². The maximum Gasteiger partial charge on any atom is 0.229 e. The number of nitrogens with two attached hydrogens (primary N) is 1. The number of anilines is 4. The number of hydrogen-bond donors (Lipinski definition) is 2. The van der Waals surface area contributed by atoms with Crippen LogP contribution in [0.3, 0.4) is 0 Å². The molecule has 3 N–H and O–H groups in total. The lowest BCUT2D eigenvalue weighted by atomic mass is 10.0. The van der Waals surface area contributed by atoms with Crippen molar-refractivity contribution in [2.45, 2.75) is 43.2 Å². The summed E-state index contributed by atoms with van der Waals surface area (Å²) >= 11 is 3.08. The van der Waals surface area contributed by atoms with Gasteiger partial charge in [-0.15, -0.1) is 10.2 Å². The Kier molecular flexibility index (Phi) is 6.86. The van der Waals surface area contributed by atoms with E-state index in [0.29, 0.717) is 11.8 Å². The number of rotatable bonds is 8. The van der Waals surface area contributed by atoms with E-state index >= 15 is 0 Å². The molecule has 29 heavy (non-hydrogen) atoms. The van der Waals surface area contributed by atoms with Crippen molar-refractivity contribution in [3.8, 4) is 0 Å². The van der Waals surface area contributed by atoms with Crippen LogP contribution in [-0.4, -0.2) is 39.2 Å². The third kappa shape index (κ3) is 5.13. The first-order chi connectivity index (χ1) is 13.9. The largest absolute Gasteiger partial charge is 0.368 e. The van der Waals surface area contributed by atoms with Crippen molar-refractivity contribution in [1.29, 1.82) is 0 Å². The highest BCUT2D eigenvalue weighted by Crippen LogP contribution is 2.37. The van der Waals surface area contributed by atoms with Crippen molar-refractivity contribution in [1.82, 2.24) is 25.1 Å². The average molecular weight is 431 g/mol. The third-order valence-corrected chi connectivity index (χ3v) is 6.36. The SMILES string of the molecule is CCc1cccc(CC)c1Nc1nnc(SC(C)c2nc(N)nc(N(C)C)n2)s1. The van der Waals surface area contributed by atoms with Crippen LogP contribution in [0.25, 0.3) is 0 Å². The van der Waals surface area contributed by atoms with Gasteiger partial charge in [0.2, 0.25) is 17.0 Å². The van der Waals surface area contributed by atoms with Crippen LogP contribution in [0, 0.1) is 0 Å². The number of aryl methyl sites for hydroxylation is 2. The van der Waals surface area contributed by atoms with Crippen molar-refractivity contribution < 1.29 is 0 Å². The molecular weight excluding hydrogens is 404 g/mol. The molecule has 0 aliphatic rings. The fourth-order valence-corrected chi connectivity index (χ4v) is 4.75. The number of nitrogen functional groups attached to an aromatic ring is 1. The Balaban J connectivity index is 1.76. The number of aromatic nitrogens is 5. The Morgan fingerprint density at radius 2 is 1.79 bits per heavy atom. The predicted octanol–water partition coefficient (Wildman–Crippen LogP) is 4.09. The number of nitrogens with zero attached hydrogens (tertiary/aromatic N) is 6. The van der Waals surface area contributed by atoms with Crippen LogP contribution in [0.4, 0.5) is 22.7 Å². The predicted molar refractivity (Wildman–Crippen MR) is 121 cm³/mol. The molecule has 0 aliphatic heterocycles. The molecule has 3 aromatic rings. The van der Waals surface area contributed by atoms with Gasteiger partial charge < -0.3 is 16.0 Å². The molecule has 0 fully saturated rings. The minimum absolute atomic E-state index is 0.0334. The molecule has 0 aliphatic carbocycles. The minimum Gasteiger partial charge on any atom is -0.368 e. The summed E-state index contributed by atoms with van der Waals surface area (Å²) in [4.78, 5) is 14.7.